The molecule has 0 bridgehead atoms. The SMILES string of the molecule is Nc1ccc2cc([B-](F)(F)F)cnc2c1. The van der Waals surface area contributed by atoms with E-state index in [1.807, 2.05) is 0 Å². The van der Waals surface area contributed by atoms with Crippen LogP contribution in [0, 0.1) is 0 Å². The van der Waals surface area contributed by atoms with Gasteiger partial charge in [-0.05, 0) is 17.5 Å². The third-order valence-electron chi connectivity index (χ3n) is 2.11. The van der Waals surface area contributed by atoms with Gasteiger partial charge >= 0.3 is 6.98 Å². The van der Waals surface area contributed by atoms with Gasteiger partial charge in [0.15, 0.2) is 0 Å². The van der Waals surface area contributed by atoms with Gasteiger partial charge < -0.3 is 18.7 Å². The van der Waals surface area contributed by atoms with Gasteiger partial charge in [-0.2, -0.15) is 0 Å². The van der Waals surface area contributed by atoms with E-state index in [0.717, 1.165) is 12.3 Å². The first-order valence-corrected chi connectivity index (χ1v) is 4.32. The Labute approximate surface area is 84.0 Å². The molecule has 0 saturated carbocycles. The molecule has 0 aliphatic carbocycles. The normalized spacial score (nSPS) is 11.9. The second kappa shape index (κ2) is 3.15. The second-order valence-electron chi connectivity index (χ2n) is 3.30. The average molecular weight is 211 g/mol. The van der Waals surface area contributed by atoms with Gasteiger partial charge in [-0.25, -0.2) is 0 Å². The molecule has 0 aliphatic heterocycles. The van der Waals surface area contributed by atoms with Gasteiger partial charge in [-0.15, -0.1) is 0 Å². The molecule has 6 heteroatoms. The van der Waals surface area contributed by atoms with Gasteiger partial charge in [0.05, 0.1) is 5.52 Å². The minimum Gasteiger partial charge on any atom is -0.445 e. The van der Waals surface area contributed by atoms with E-state index in [0.29, 0.717) is 16.6 Å². The van der Waals surface area contributed by atoms with E-state index in [1.54, 1.807) is 12.1 Å². The smallest absolute Gasteiger partial charge is 0.445 e. The molecular formula is C9H7BF3N2-. The Morgan fingerprint density at radius 2 is 1.87 bits per heavy atom. The lowest BCUT2D eigenvalue weighted by Gasteiger charge is -2.14. The topological polar surface area (TPSA) is 38.9 Å². The lowest BCUT2D eigenvalue weighted by atomic mass is 9.81. The number of anilines is 1. The third kappa shape index (κ3) is 1.88. The zero-order valence-electron chi connectivity index (χ0n) is 7.62. The molecule has 0 saturated heterocycles. The highest BCUT2D eigenvalue weighted by Crippen LogP contribution is 2.16. The lowest BCUT2D eigenvalue weighted by molar-refractivity contribution is 0.501. The second-order valence-corrected chi connectivity index (χ2v) is 3.30. The van der Waals surface area contributed by atoms with Gasteiger partial charge in [0, 0.05) is 11.9 Å². The third-order valence-corrected chi connectivity index (χ3v) is 2.11. The number of nitrogens with zero attached hydrogens (tertiary/aromatic N) is 1. The standard InChI is InChI=1S/C9H7BF3N2/c11-10(12,13)7-3-6-1-2-8(14)4-9(6)15-5-7/h1-5H,14H2/q-1. The summed E-state index contributed by atoms with van der Waals surface area (Å²) in [5.41, 5.74) is 5.76. The van der Waals surface area contributed by atoms with E-state index in [9.17, 15) is 12.9 Å². The molecule has 2 N–H and O–H groups in total. The zero-order valence-corrected chi connectivity index (χ0v) is 7.62. The van der Waals surface area contributed by atoms with Crippen molar-refractivity contribution in [1.29, 1.82) is 0 Å². The number of halogens is 3. The summed E-state index contributed by atoms with van der Waals surface area (Å²) in [5, 5.41) is 0.445. The van der Waals surface area contributed by atoms with Crippen LogP contribution in [0.4, 0.5) is 18.6 Å². The number of nitrogens with two attached hydrogens (primary N) is 1. The maximum absolute atomic E-state index is 12.4. The summed E-state index contributed by atoms with van der Waals surface area (Å²) in [6.45, 7) is -4.99. The number of rotatable bonds is 1. The van der Waals surface area contributed by atoms with E-state index in [2.05, 4.69) is 4.98 Å². The van der Waals surface area contributed by atoms with E-state index in [1.165, 1.54) is 6.07 Å². The van der Waals surface area contributed by atoms with E-state index >= 15 is 0 Å². The van der Waals surface area contributed by atoms with Crippen LogP contribution in [0.25, 0.3) is 10.9 Å². The fourth-order valence-electron chi connectivity index (χ4n) is 1.33. The largest absolute Gasteiger partial charge is 0.511 e. The lowest BCUT2D eigenvalue weighted by Crippen LogP contribution is -2.34. The molecule has 15 heavy (non-hydrogen) atoms. The Kier molecular flexibility index (Phi) is 2.06. The highest BCUT2D eigenvalue weighted by atomic mass is 19.4. The number of nitrogen functional groups attached to an aromatic ring is 1. The quantitative estimate of drug-likeness (QED) is 0.577. The summed E-state index contributed by atoms with van der Waals surface area (Å²) in [6.07, 6.45) is 0.835. The molecule has 2 rings (SSSR count). The van der Waals surface area contributed by atoms with E-state index in [4.69, 9.17) is 5.73 Å². The molecule has 2 nitrogen and oxygen atoms in total. The van der Waals surface area contributed by atoms with Crippen molar-refractivity contribution in [2.45, 2.75) is 0 Å². The molecule has 0 radical (unpaired) electrons. The number of fused-ring (bicyclic) bond motifs is 1. The fraction of sp³-hybridized carbons (Fsp3) is 0. The summed E-state index contributed by atoms with van der Waals surface area (Å²) >= 11 is 0. The van der Waals surface area contributed by atoms with Crippen LogP contribution < -0.4 is 11.2 Å². The predicted octanol–water partition coefficient (Wildman–Crippen LogP) is 1.87. The molecule has 0 aliphatic rings. The Hall–Kier alpha value is -1.72. The van der Waals surface area contributed by atoms with Crippen molar-refractivity contribution >= 4 is 29.0 Å². The minimum absolute atomic E-state index is 0.445. The van der Waals surface area contributed by atoms with Crippen molar-refractivity contribution in [2.24, 2.45) is 0 Å². The molecule has 78 valence electrons. The van der Waals surface area contributed by atoms with E-state index < -0.39 is 12.4 Å². The van der Waals surface area contributed by atoms with Crippen LogP contribution in [0.5, 0.6) is 0 Å². The van der Waals surface area contributed by atoms with Crippen LogP contribution in [-0.4, -0.2) is 12.0 Å². The van der Waals surface area contributed by atoms with Crippen LogP contribution in [0.15, 0.2) is 30.5 Å². The number of hydrogen-bond donors (Lipinski definition) is 1. The Balaban J connectivity index is 2.62. The summed E-state index contributed by atoms with van der Waals surface area (Å²) < 4.78 is 37.2. The molecule has 0 amide bonds. The van der Waals surface area contributed by atoms with Crippen molar-refractivity contribution in [3.8, 4) is 0 Å². The van der Waals surface area contributed by atoms with Crippen molar-refractivity contribution < 1.29 is 12.9 Å². The van der Waals surface area contributed by atoms with Crippen LogP contribution in [0.1, 0.15) is 0 Å². The summed E-state index contributed by atoms with van der Waals surface area (Å²) in [7, 11) is 0. The summed E-state index contributed by atoms with van der Waals surface area (Å²) in [6, 6.07) is 5.71. The van der Waals surface area contributed by atoms with Gasteiger partial charge in [-0.3, -0.25) is 4.98 Å². The zero-order chi connectivity index (χ0) is 11.1. The first-order valence-electron chi connectivity index (χ1n) is 4.32. The van der Waals surface area contributed by atoms with Gasteiger partial charge in [-0.1, -0.05) is 17.6 Å². The van der Waals surface area contributed by atoms with Crippen molar-refractivity contribution in [3.63, 3.8) is 0 Å². The number of hydrogen-bond acceptors (Lipinski definition) is 2. The summed E-state index contributed by atoms with van der Waals surface area (Å²) in [4.78, 5) is 3.72. The number of benzene rings is 1. The van der Waals surface area contributed by atoms with Gasteiger partial charge in [0.25, 0.3) is 0 Å². The van der Waals surface area contributed by atoms with Crippen LogP contribution in [0.2, 0.25) is 0 Å². The van der Waals surface area contributed by atoms with Crippen LogP contribution in [-0.2, 0) is 0 Å². The molecule has 1 aromatic heterocycles. The maximum atomic E-state index is 12.4. The minimum atomic E-state index is -4.99. The van der Waals surface area contributed by atoms with Crippen molar-refractivity contribution in [2.75, 3.05) is 5.73 Å². The Morgan fingerprint density at radius 3 is 2.53 bits per heavy atom. The molecule has 0 fully saturated rings. The Bertz CT molecular complexity index is 510. The van der Waals surface area contributed by atoms with Crippen molar-refractivity contribution in [3.05, 3.63) is 30.5 Å². The van der Waals surface area contributed by atoms with Crippen molar-refractivity contribution in [1.82, 2.24) is 4.98 Å². The molecule has 1 aromatic carbocycles. The van der Waals surface area contributed by atoms with Gasteiger partial charge in [0.2, 0.25) is 0 Å². The number of aromatic nitrogens is 1. The highest BCUT2D eigenvalue weighted by molar-refractivity contribution is 6.73. The molecular weight excluding hydrogens is 204 g/mol. The number of pyridine rings is 1. The first-order chi connectivity index (χ1) is 6.97. The average Bonchev–Trinajstić information content (AvgIpc) is 2.15. The Morgan fingerprint density at radius 1 is 1.13 bits per heavy atom. The first kappa shape index (κ1) is 9.83. The van der Waals surface area contributed by atoms with Gasteiger partial charge in [0.1, 0.15) is 0 Å². The van der Waals surface area contributed by atoms with Crippen LogP contribution in [0.3, 0.4) is 0 Å². The molecule has 0 spiro atoms. The predicted molar refractivity (Wildman–Crippen MR) is 54.9 cm³/mol. The van der Waals surface area contributed by atoms with E-state index in [-0.39, 0.29) is 0 Å². The maximum Gasteiger partial charge on any atom is 0.511 e. The monoisotopic (exact) mass is 211 g/mol. The molecule has 0 unspecified atom stereocenters. The highest BCUT2D eigenvalue weighted by Gasteiger charge is 2.25. The molecule has 1 heterocycles. The molecule has 0 atom stereocenters. The molecule has 2 aromatic rings. The van der Waals surface area contributed by atoms with Crippen LogP contribution >= 0.6 is 0 Å². The fourth-order valence-corrected chi connectivity index (χ4v) is 1.33. The summed E-state index contributed by atoms with van der Waals surface area (Å²) in [5.74, 6) is 0.